The smallest absolute Gasteiger partial charge is 0.338 e. The Balaban J connectivity index is 1.74. The maximum Gasteiger partial charge on any atom is 0.338 e. The number of carbonyl (C=O) groups is 2. The Kier molecular flexibility index (Phi) is 6.06. The number of nitrogens with zero attached hydrogens (tertiary/aromatic N) is 2. The van der Waals surface area contributed by atoms with Gasteiger partial charge in [-0.1, -0.05) is 30.3 Å². The second kappa shape index (κ2) is 8.85. The van der Waals surface area contributed by atoms with Crippen LogP contribution in [0.3, 0.4) is 0 Å². The number of hydrogen-bond donors (Lipinski definition) is 1. The molecule has 3 rings (SSSR count). The highest BCUT2D eigenvalue weighted by Crippen LogP contribution is 2.20. The predicted molar refractivity (Wildman–Crippen MR) is 105 cm³/mol. The van der Waals surface area contributed by atoms with Gasteiger partial charge < -0.3 is 14.8 Å². The van der Waals surface area contributed by atoms with Crippen molar-refractivity contribution in [2.24, 2.45) is 0 Å². The van der Waals surface area contributed by atoms with Crippen molar-refractivity contribution in [1.29, 1.82) is 0 Å². The number of nitrogens with one attached hydrogen (secondary N) is 1. The van der Waals surface area contributed by atoms with E-state index in [0.717, 1.165) is 5.56 Å². The van der Waals surface area contributed by atoms with Crippen LogP contribution in [0.15, 0.2) is 60.9 Å². The number of ether oxygens (including phenoxy) is 2. The van der Waals surface area contributed by atoms with Crippen LogP contribution in [-0.4, -0.2) is 35.4 Å². The van der Waals surface area contributed by atoms with Crippen LogP contribution in [0.5, 0.6) is 5.75 Å². The van der Waals surface area contributed by atoms with E-state index in [-0.39, 0.29) is 5.91 Å². The van der Waals surface area contributed by atoms with Gasteiger partial charge in [0.2, 0.25) is 0 Å². The lowest BCUT2D eigenvalue weighted by Crippen LogP contribution is -2.13. The van der Waals surface area contributed by atoms with Gasteiger partial charge in [0.15, 0.2) is 0 Å². The van der Waals surface area contributed by atoms with Gasteiger partial charge in [-0.2, -0.15) is 5.10 Å². The molecule has 0 aliphatic carbocycles. The number of benzene rings is 2. The molecule has 0 bridgehead atoms. The maximum atomic E-state index is 12.6. The lowest BCUT2D eigenvalue weighted by molar-refractivity contribution is 0.0599. The van der Waals surface area contributed by atoms with Crippen molar-refractivity contribution < 1.29 is 19.1 Å². The number of hydrogen-bond acceptors (Lipinski definition) is 5. The van der Waals surface area contributed by atoms with Gasteiger partial charge in [0.1, 0.15) is 5.75 Å². The van der Waals surface area contributed by atoms with Gasteiger partial charge in [0.25, 0.3) is 5.91 Å². The highest BCUT2D eigenvalue weighted by molar-refractivity contribution is 6.06. The number of anilines is 1. The van der Waals surface area contributed by atoms with E-state index in [2.05, 4.69) is 10.4 Å². The number of rotatable bonds is 7. The number of esters is 1. The first-order chi connectivity index (χ1) is 13.6. The first-order valence-corrected chi connectivity index (χ1v) is 8.84. The van der Waals surface area contributed by atoms with E-state index < -0.39 is 5.97 Å². The molecule has 0 atom stereocenters. The number of methoxy groups -OCH3 is 1. The molecule has 0 saturated heterocycles. The van der Waals surface area contributed by atoms with Crippen molar-refractivity contribution in [2.45, 2.75) is 13.5 Å². The molecule has 1 amide bonds. The molecular formula is C21H21N3O4. The third kappa shape index (κ3) is 4.37. The molecule has 0 aliphatic heterocycles. The fourth-order valence-electron chi connectivity index (χ4n) is 2.79. The van der Waals surface area contributed by atoms with Crippen LogP contribution >= 0.6 is 0 Å². The maximum absolute atomic E-state index is 12.6. The summed E-state index contributed by atoms with van der Waals surface area (Å²) in [6.07, 6.45) is 3.26. The molecule has 7 heteroatoms. The molecule has 0 aliphatic rings. The third-order valence-corrected chi connectivity index (χ3v) is 4.08. The fourth-order valence-corrected chi connectivity index (χ4v) is 2.79. The van der Waals surface area contributed by atoms with Gasteiger partial charge >= 0.3 is 5.97 Å². The number of aromatic nitrogens is 2. The largest absolute Gasteiger partial charge is 0.493 e. The van der Waals surface area contributed by atoms with E-state index in [1.807, 2.05) is 25.1 Å². The summed E-state index contributed by atoms with van der Waals surface area (Å²) in [5.41, 5.74) is 2.26. The fraction of sp³-hybridized carbons (Fsp3) is 0.190. The van der Waals surface area contributed by atoms with E-state index in [9.17, 15) is 9.59 Å². The first kappa shape index (κ1) is 19.2. The highest BCUT2D eigenvalue weighted by atomic mass is 16.5. The molecule has 144 valence electrons. The minimum Gasteiger partial charge on any atom is -0.493 e. The Morgan fingerprint density at radius 3 is 2.54 bits per heavy atom. The van der Waals surface area contributed by atoms with Crippen molar-refractivity contribution in [3.63, 3.8) is 0 Å². The molecular weight excluding hydrogens is 358 g/mol. The summed E-state index contributed by atoms with van der Waals surface area (Å²) in [5.74, 6) is -0.149. The lowest BCUT2D eigenvalue weighted by Gasteiger charge is -2.09. The van der Waals surface area contributed by atoms with Gasteiger partial charge in [0.05, 0.1) is 43.3 Å². The summed E-state index contributed by atoms with van der Waals surface area (Å²) < 4.78 is 12.0. The van der Waals surface area contributed by atoms with Gasteiger partial charge in [-0.25, -0.2) is 4.79 Å². The topological polar surface area (TPSA) is 82.5 Å². The first-order valence-electron chi connectivity index (χ1n) is 8.84. The van der Waals surface area contributed by atoms with Crippen LogP contribution in [0.1, 0.15) is 33.2 Å². The predicted octanol–water partition coefficient (Wildman–Crippen LogP) is 3.37. The van der Waals surface area contributed by atoms with Crippen molar-refractivity contribution in [1.82, 2.24) is 9.78 Å². The summed E-state index contributed by atoms with van der Waals surface area (Å²) in [4.78, 5) is 24.5. The molecule has 1 heterocycles. The molecule has 1 N–H and O–H groups in total. The zero-order valence-electron chi connectivity index (χ0n) is 15.7. The molecule has 0 spiro atoms. The van der Waals surface area contributed by atoms with Crippen LogP contribution in [0, 0.1) is 0 Å². The average Bonchev–Trinajstić information content (AvgIpc) is 3.15. The van der Waals surface area contributed by atoms with Gasteiger partial charge in [-0.15, -0.1) is 0 Å². The van der Waals surface area contributed by atoms with Crippen molar-refractivity contribution in [2.75, 3.05) is 19.0 Å². The Hall–Kier alpha value is -3.61. The second-order valence-electron chi connectivity index (χ2n) is 5.96. The molecule has 3 aromatic rings. The molecule has 0 unspecified atom stereocenters. The van der Waals surface area contributed by atoms with E-state index in [4.69, 9.17) is 9.47 Å². The van der Waals surface area contributed by atoms with Crippen LogP contribution in [-0.2, 0) is 11.3 Å². The van der Waals surface area contributed by atoms with Crippen LogP contribution < -0.4 is 10.1 Å². The SMILES string of the molecule is CCOc1ccccc1C(=O)Nc1cnn(Cc2ccccc2C(=O)OC)c1. The molecule has 28 heavy (non-hydrogen) atoms. The van der Waals surface area contributed by atoms with Crippen LogP contribution in [0.4, 0.5) is 5.69 Å². The molecule has 0 radical (unpaired) electrons. The van der Waals surface area contributed by atoms with Crippen molar-refractivity contribution in [3.05, 3.63) is 77.6 Å². The minimum atomic E-state index is -0.399. The monoisotopic (exact) mass is 379 g/mol. The Morgan fingerprint density at radius 2 is 1.79 bits per heavy atom. The molecule has 0 saturated carbocycles. The summed E-state index contributed by atoms with van der Waals surface area (Å²) >= 11 is 0. The highest BCUT2D eigenvalue weighted by Gasteiger charge is 2.14. The van der Waals surface area contributed by atoms with Crippen molar-refractivity contribution >= 4 is 17.6 Å². The standard InChI is InChI=1S/C21H21N3O4/c1-3-28-19-11-7-6-10-18(19)20(25)23-16-12-22-24(14-16)13-15-8-4-5-9-17(15)21(26)27-2/h4-12,14H,3,13H2,1-2H3,(H,23,25). The third-order valence-electron chi connectivity index (χ3n) is 4.08. The quantitative estimate of drug-likeness (QED) is 0.637. The number of carbonyl (C=O) groups excluding carboxylic acids is 2. The van der Waals surface area contributed by atoms with Crippen LogP contribution in [0.2, 0.25) is 0 Å². The van der Waals surface area contributed by atoms with Crippen LogP contribution in [0.25, 0.3) is 0 Å². The van der Waals surface area contributed by atoms with Gasteiger partial charge in [-0.3, -0.25) is 9.48 Å². The van der Waals surface area contributed by atoms with E-state index in [1.165, 1.54) is 7.11 Å². The van der Waals surface area contributed by atoms with E-state index in [1.54, 1.807) is 47.4 Å². The zero-order valence-corrected chi connectivity index (χ0v) is 15.7. The number of para-hydroxylation sites is 1. The minimum absolute atomic E-state index is 0.279. The Labute approximate surface area is 162 Å². The average molecular weight is 379 g/mol. The summed E-state index contributed by atoms with van der Waals surface area (Å²) in [5, 5.41) is 7.08. The normalized spacial score (nSPS) is 10.4. The van der Waals surface area contributed by atoms with Crippen molar-refractivity contribution in [3.8, 4) is 5.75 Å². The molecule has 2 aromatic carbocycles. The summed E-state index contributed by atoms with van der Waals surface area (Å²) in [7, 11) is 1.35. The lowest BCUT2D eigenvalue weighted by atomic mass is 10.1. The Morgan fingerprint density at radius 1 is 1.07 bits per heavy atom. The summed E-state index contributed by atoms with van der Waals surface area (Å²) in [6, 6.07) is 14.2. The molecule has 7 nitrogen and oxygen atoms in total. The summed E-state index contributed by atoms with van der Waals surface area (Å²) in [6.45, 7) is 2.71. The molecule has 1 aromatic heterocycles. The van der Waals surface area contributed by atoms with E-state index >= 15 is 0 Å². The van der Waals surface area contributed by atoms with Gasteiger partial charge in [0, 0.05) is 6.20 Å². The second-order valence-corrected chi connectivity index (χ2v) is 5.96. The van der Waals surface area contributed by atoms with Gasteiger partial charge in [-0.05, 0) is 30.7 Å². The molecule has 0 fully saturated rings. The van der Waals surface area contributed by atoms with E-state index in [0.29, 0.717) is 35.7 Å². The zero-order chi connectivity index (χ0) is 19.9. The Bertz CT molecular complexity index is 981. The number of amides is 1.